The number of nitrogens with one attached hydrogen (secondary N) is 1. The van der Waals surface area contributed by atoms with Crippen LogP contribution in [-0.2, 0) is 9.53 Å². The van der Waals surface area contributed by atoms with Crippen molar-refractivity contribution in [2.75, 3.05) is 6.54 Å². The summed E-state index contributed by atoms with van der Waals surface area (Å²) in [6.07, 6.45) is 8.02. The molecule has 0 amide bonds. The molecule has 2 saturated heterocycles. The Bertz CT molecular complexity index is 821. The number of Topliss-reactive ketones (excluding diaryl/α,β-unsaturated/α-hetero) is 1. The summed E-state index contributed by atoms with van der Waals surface area (Å²) in [6, 6.07) is 0.482. The predicted octanol–water partition coefficient (Wildman–Crippen LogP) is 4.26. The lowest BCUT2D eigenvalue weighted by Gasteiger charge is -2.52. The Balaban J connectivity index is 1.35. The first-order valence-corrected chi connectivity index (χ1v) is 13.1. The monoisotopic (exact) mass is 427 g/mol. The minimum atomic E-state index is -0.280. The highest BCUT2D eigenvalue weighted by atomic mass is 16.5. The molecule has 172 valence electrons. The second kappa shape index (κ2) is 6.90. The smallest absolute Gasteiger partial charge is 0.136 e. The lowest BCUT2D eigenvalue weighted by atomic mass is 9.51. The van der Waals surface area contributed by atoms with Crippen LogP contribution < -0.4 is 5.32 Å². The first-order valence-electron chi connectivity index (χ1n) is 13.1. The zero-order chi connectivity index (χ0) is 21.7. The molecule has 31 heavy (non-hydrogen) atoms. The molecule has 11 atom stereocenters. The molecule has 0 aromatic carbocycles. The van der Waals surface area contributed by atoms with E-state index in [0.717, 1.165) is 38.6 Å². The van der Waals surface area contributed by atoms with Crippen LogP contribution in [-0.4, -0.2) is 41.3 Å². The van der Waals surface area contributed by atoms with Crippen LogP contribution in [0.2, 0.25) is 0 Å². The molecule has 0 radical (unpaired) electrons. The van der Waals surface area contributed by atoms with Gasteiger partial charge in [0.05, 0.1) is 17.8 Å². The standard InChI is InChI=1S/C27H41NO3/c1-14-9-24-25(28-13-14)16(3)27(31-24)8-6-18-19(15(27)2)11-21-20(18)12-23(30)22-10-17(29)5-7-26(21,22)4/h14,16-18,20-22,24-25,28-29H,5-13H2,1-4H3/t14-,16+,17-,18+,20-,21-,22+,24+,25-,26+,27+/m0/s1. The molecular formula is C27H41NO3. The summed E-state index contributed by atoms with van der Waals surface area (Å²) in [5, 5.41) is 14.1. The molecule has 2 aliphatic heterocycles. The van der Waals surface area contributed by atoms with E-state index in [2.05, 4.69) is 33.0 Å². The maximum Gasteiger partial charge on any atom is 0.136 e. The van der Waals surface area contributed by atoms with Crippen LogP contribution in [0.3, 0.4) is 0 Å². The lowest BCUT2D eigenvalue weighted by Crippen LogP contribution is -2.51. The lowest BCUT2D eigenvalue weighted by molar-refractivity contribution is -0.145. The van der Waals surface area contributed by atoms with Crippen molar-refractivity contribution < 1.29 is 14.6 Å². The molecule has 4 heteroatoms. The van der Waals surface area contributed by atoms with Crippen LogP contribution in [0.25, 0.3) is 0 Å². The molecule has 0 aromatic heterocycles. The number of piperidine rings is 1. The SMILES string of the molecule is CC1=C2C[C@H]3[C@@H](CC(=O)[C@H]4C[C@@H](O)CC[C@@]43C)[C@@H]2CC[C@@]12O[C@@H]1C[C@H](C)CN[C@H]1[C@H]2C. The number of aliphatic hydroxyl groups excluding tert-OH is 1. The number of carbonyl (C=O) groups is 1. The van der Waals surface area contributed by atoms with Gasteiger partial charge in [-0.3, -0.25) is 4.79 Å². The Hall–Kier alpha value is -0.710. The minimum absolute atomic E-state index is 0.0720. The number of allylic oxidation sites excluding steroid dienone is 1. The molecular weight excluding hydrogens is 386 g/mol. The fourth-order valence-electron chi connectivity index (χ4n) is 9.46. The van der Waals surface area contributed by atoms with E-state index in [4.69, 9.17) is 4.74 Å². The van der Waals surface area contributed by atoms with Gasteiger partial charge in [0.1, 0.15) is 5.78 Å². The van der Waals surface area contributed by atoms with Crippen LogP contribution in [0.1, 0.15) is 79.1 Å². The van der Waals surface area contributed by atoms with Crippen LogP contribution in [0.5, 0.6) is 0 Å². The highest BCUT2D eigenvalue weighted by Crippen LogP contribution is 2.65. The average molecular weight is 428 g/mol. The summed E-state index contributed by atoms with van der Waals surface area (Å²) < 4.78 is 7.00. The van der Waals surface area contributed by atoms with E-state index in [1.165, 1.54) is 18.4 Å². The Kier molecular flexibility index (Phi) is 4.64. The number of carbonyl (C=O) groups excluding carboxylic acids is 1. The summed E-state index contributed by atoms with van der Waals surface area (Å²) in [7, 11) is 0. The molecule has 0 aromatic rings. The van der Waals surface area contributed by atoms with Gasteiger partial charge in [-0.1, -0.05) is 26.3 Å². The third kappa shape index (κ3) is 2.74. The number of rotatable bonds is 0. The van der Waals surface area contributed by atoms with Crippen molar-refractivity contribution in [3.63, 3.8) is 0 Å². The molecule has 5 fully saturated rings. The van der Waals surface area contributed by atoms with Gasteiger partial charge in [0, 0.05) is 24.3 Å². The second-order valence-electron chi connectivity index (χ2n) is 12.5. The van der Waals surface area contributed by atoms with Crippen molar-refractivity contribution in [2.45, 2.75) is 103 Å². The van der Waals surface area contributed by atoms with Crippen molar-refractivity contribution in [1.29, 1.82) is 0 Å². The molecule has 2 heterocycles. The topological polar surface area (TPSA) is 58.6 Å². The van der Waals surface area contributed by atoms with E-state index in [-0.39, 0.29) is 23.0 Å². The second-order valence-corrected chi connectivity index (χ2v) is 12.5. The first-order chi connectivity index (χ1) is 14.7. The van der Waals surface area contributed by atoms with Gasteiger partial charge >= 0.3 is 0 Å². The zero-order valence-corrected chi connectivity index (χ0v) is 19.8. The Morgan fingerprint density at radius 2 is 1.94 bits per heavy atom. The van der Waals surface area contributed by atoms with Crippen LogP contribution in [0.15, 0.2) is 11.1 Å². The minimum Gasteiger partial charge on any atom is -0.393 e. The third-order valence-corrected chi connectivity index (χ3v) is 11.2. The first kappa shape index (κ1) is 20.9. The Morgan fingerprint density at radius 1 is 1.13 bits per heavy atom. The van der Waals surface area contributed by atoms with E-state index in [0.29, 0.717) is 53.9 Å². The van der Waals surface area contributed by atoms with Gasteiger partial charge < -0.3 is 15.2 Å². The number of ketones is 1. The highest BCUT2D eigenvalue weighted by Gasteiger charge is 2.62. The summed E-state index contributed by atoms with van der Waals surface area (Å²) in [6.45, 7) is 10.6. The Labute approximate surface area is 187 Å². The van der Waals surface area contributed by atoms with Crippen LogP contribution in [0.4, 0.5) is 0 Å². The summed E-state index contributed by atoms with van der Waals surface area (Å²) in [5.74, 6) is 3.41. The molecule has 6 rings (SSSR count). The van der Waals surface area contributed by atoms with Crippen LogP contribution in [0, 0.1) is 40.9 Å². The van der Waals surface area contributed by atoms with Crippen molar-refractivity contribution >= 4 is 5.78 Å². The van der Waals surface area contributed by atoms with Crippen molar-refractivity contribution in [2.24, 2.45) is 40.9 Å². The normalized spacial score (nSPS) is 56.3. The number of fused-ring (bicyclic) bond motifs is 6. The summed E-state index contributed by atoms with van der Waals surface area (Å²) in [4.78, 5) is 13.2. The molecule has 0 unspecified atom stereocenters. The fraction of sp³-hybridized carbons (Fsp3) is 0.889. The predicted molar refractivity (Wildman–Crippen MR) is 120 cm³/mol. The fourth-order valence-corrected chi connectivity index (χ4v) is 9.46. The largest absolute Gasteiger partial charge is 0.393 e. The van der Waals surface area contributed by atoms with E-state index in [1.807, 2.05) is 0 Å². The summed E-state index contributed by atoms with van der Waals surface area (Å²) >= 11 is 0. The maximum atomic E-state index is 13.2. The van der Waals surface area contributed by atoms with Crippen LogP contribution >= 0.6 is 0 Å². The summed E-state index contributed by atoms with van der Waals surface area (Å²) in [5.41, 5.74) is 3.15. The molecule has 2 N–H and O–H groups in total. The molecule has 6 aliphatic rings. The molecule has 4 nitrogen and oxygen atoms in total. The quantitative estimate of drug-likeness (QED) is 0.567. The third-order valence-electron chi connectivity index (χ3n) is 11.2. The van der Waals surface area contributed by atoms with E-state index < -0.39 is 0 Å². The average Bonchev–Trinajstić information content (AvgIpc) is 3.23. The number of ether oxygens (including phenoxy) is 1. The van der Waals surface area contributed by atoms with E-state index in [1.54, 1.807) is 5.57 Å². The van der Waals surface area contributed by atoms with E-state index in [9.17, 15) is 9.90 Å². The van der Waals surface area contributed by atoms with Gasteiger partial charge in [0.15, 0.2) is 0 Å². The van der Waals surface area contributed by atoms with Gasteiger partial charge in [-0.15, -0.1) is 0 Å². The number of hydrogen-bond donors (Lipinski definition) is 2. The highest BCUT2D eigenvalue weighted by molar-refractivity contribution is 5.83. The van der Waals surface area contributed by atoms with Gasteiger partial charge in [-0.05, 0) is 93.1 Å². The van der Waals surface area contributed by atoms with Crippen molar-refractivity contribution in [1.82, 2.24) is 5.32 Å². The van der Waals surface area contributed by atoms with Gasteiger partial charge in [-0.25, -0.2) is 0 Å². The number of aliphatic hydroxyl groups is 1. The maximum absolute atomic E-state index is 13.2. The molecule has 4 aliphatic carbocycles. The zero-order valence-electron chi connectivity index (χ0n) is 19.8. The van der Waals surface area contributed by atoms with Gasteiger partial charge in [0.2, 0.25) is 0 Å². The Morgan fingerprint density at radius 3 is 2.74 bits per heavy atom. The van der Waals surface area contributed by atoms with Gasteiger partial charge in [0.25, 0.3) is 0 Å². The van der Waals surface area contributed by atoms with Crippen molar-refractivity contribution in [3.05, 3.63) is 11.1 Å². The van der Waals surface area contributed by atoms with Gasteiger partial charge in [-0.2, -0.15) is 0 Å². The molecule has 1 spiro atoms. The number of hydrogen-bond acceptors (Lipinski definition) is 4. The van der Waals surface area contributed by atoms with Crippen molar-refractivity contribution in [3.8, 4) is 0 Å². The molecule has 3 saturated carbocycles. The van der Waals surface area contributed by atoms with E-state index >= 15 is 0 Å². The molecule has 0 bridgehead atoms.